The molecular formula is C34H48Cl2Zr-4. The Morgan fingerprint density at radius 2 is 1.00 bits per heavy atom. The van der Waals surface area contributed by atoms with Crippen molar-refractivity contribution in [2.24, 2.45) is 0 Å². The van der Waals surface area contributed by atoms with Crippen LogP contribution in [-0.4, -0.2) is 4.21 Å². The van der Waals surface area contributed by atoms with E-state index in [4.69, 9.17) is 17.0 Å². The van der Waals surface area contributed by atoms with Crippen molar-refractivity contribution < 1.29 is 18.9 Å². The van der Waals surface area contributed by atoms with E-state index in [-0.39, 0.29) is 25.7 Å². The van der Waals surface area contributed by atoms with Gasteiger partial charge in [-0.05, 0) is 10.8 Å². The van der Waals surface area contributed by atoms with E-state index in [0.29, 0.717) is 5.41 Å². The molecule has 0 aliphatic rings. The molecule has 0 N–H and O–H groups in total. The standard InChI is InChI=1S/C21H25.C10H15.2CH3.CH2.2ClH.Zr/c1-20(2,3)16-7-9-18-14(12-16)11-15-13-17(21(4,5)6)8-10-19(15)18;1-8-5-6-9(7-8)10(2,3)4;;;;;;/h7-13H,1-6H3;5-7H,1-4H3;2*1H3;1H2;2*1H;/q4*-1;;;;+2/p-2. The average Bonchev–Trinajstić information content (AvgIpc) is 3.29. The zero-order valence-electron chi connectivity index (χ0n) is 25.2. The summed E-state index contributed by atoms with van der Waals surface area (Å²) in [6, 6.07) is 22.8. The molecule has 0 saturated heterocycles. The Labute approximate surface area is 243 Å². The quantitative estimate of drug-likeness (QED) is 0.172. The molecule has 0 spiro atoms. The van der Waals surface area contributed by atoms with Crippen LogP contribution in [0.5, 0.6) is 0 Å². The van der Waals surface area contributed by atoms with Crippen LogP contribution in [0.2, 0.25) is 0 Å². The van der Waals surface area contributed by atoms with Crippen molar-refractivity contribution in [2.75, 3.05) is 0 Å². The normalized spacial score (nSPS) is 11.5. The van der Waals surface area contributed by atoms with E-state index < -0.39 is 18.9 Å². The molecule has 0 radical (unpaired) electrons. The number of halogens is 2. The maximum absolute atomic E-state index is 5.13. The minimum absolute atomic E-state index is 0. The van der Waals surface area contributed by atoms with Crippen LogP contribution >= 0.6 is 17.0 Å². The SMILES string of the molecule is CC(C)(C)c1ccc2c(c1)[cH-]c1cc(C(C)(C)C)ccc12.Cc1cc(C(C)(C)C)c[cH-]1.[CH2]=[Zr]([Cl])[Cl].[CH3-].[CH3-]. The number of rotatable bonds is 0. The predicted octanol–water partition coefficient (Wildman–Crippen LogP) is 11.6. The monoisotopic (exact) mass is 616 g/mol. The first-order valence-electron chi connectivity index (χ1n) is 12.3. The van der Waals surface area contributed by atoms with Gasteiger partial charge in [0.2, 0.25) is 0 Å². The van der Waals surface area contributed by atoms with Crippen LogP contribution < -0.4 is 0 Å². The zero-order chi connectivity index (χ0) is 26.8. The van der Waals surface area contributed by atoms with Crippen LogP contribution in [0.25, 0.3) is 21.5 Å². The molecule has 0 aromatic heterocycles. The fraction of sp³-hybridized carbons (Fsp3) is 0.382. The van der Waals surface area contributed by atoms with Gasteiger partial charge in [-0.2, -0.15) is 23.3 Å². The van der Waals surface area contributed by atoms with Gasteiger partial charge in [0.1, 0.15) is 0 Å². The van der Waals surface area contributed by atoms with Gasteiger partial charge in [-0.15, -0.1) is 39.7 Å². The molecule has 4 rings (SSSR count). The van der Waals surface area contributed by atoms with Gasteiger partial charge in [0.15, 0.2) is 0 Å². The Balaban J connectivity index is 0.000000684. The second-order valence-electron chi connectivity index (χ2n) is 12.5. The summed E-state index contributed by atoms with van der Waals surface area (Å²) in [5.74, 6) is 0. The van der Waals surface area contributed by atoms with Gasteiger partial charge in [0.05, 0.1) is 0 Å². The van der Waals surface area contributed by atoms with Crippen molar-refractivity contribution in [3.8, 4) is 0 Å². The van der Waals surface area contributed by atoms with E-state index in [1.54, 1.807) is 0 Å². The van der Waals surface area contributed by atoms with E-state index in [2.05, 4.69) is 134 Å². The summed E-state index contributed by atoms with van der Waals surface area (Å²) in [4.78, 5) is 0. The van der Waals surface area contributed by atoms with E-state index in [9.17, 15) is 0 Å². The van der Waals surface area contributed by atoms with Gasteiger partial charge in [0.25, 0.3) is 0 Å². The van der Waals surface area contributed by atoms with E-state index >= 15 is 0 Å². The third-order valence-corrected chi connectivity index (χ3v) is 6.21. The smallest absolute Gasteiger partial charge is 0.358 e. The maximum Gasteiger partial charge on any atom is -0.358 e. The molecule has 0 aliphatic carbocycles. The first-order valence-corrected chi connectivity index (χ1v) is 20.3. The maximum atomic E-state index is 5.13. The summed E-state index contributed by atoms with van der Waals surface area (Å²) in [6.07, 6.45) is 0. The molecule has 4 aromatic carbocycles. The number of aryl methyl sites for hydroxylation is 1. The minimum atomic E-state index is -1.85. The van der Waals surface area contributed by atoms with Crippen LogP contribution in [0.3, 0.4) is 0 Å². The van der Waals surface area contributed by atoms with E-state index in [1.807, 2.05) is 0 Å². The summed E-state index contributed by atoms with van der Waals surface area (Å²) in [5.41, 5.74) is 6.33. The van der Waals surface area contributed by atoms with Gasteiger partial charge in [-0.25, -0.2) is 6.07 Å². The van der Waals surface area contributed by atoms with Crippen molar-refractivity contribution >= 4 is 42.8 Å². The summed E-state index contributed by atoms with van der Waals surface area (Å²) in [6.45, 7) is 22.5. The fourth-order valence-electron chi connectivity index (χ4n) is 3.98. The molecule has 206 valence electrons. The largest absolute Gasteiger partial charge is 0.358 e. The Kier molecular flexibility index (Phi) is 13.5. The molecule has 0 atom stereocenters. The van der Waals surface area contributed by atoms with Gasteiger partial charge < -0.3 is 14.9 Å². The summed E-state index contributed by atoms with van der Waals surface area (Å²) >= 11 is -1.85. The topological polar surface area (TPSA) is 0 Å². The molecule has 0 nitrogen and oxygen atoms in total. The van der Waals surface area contributed by atoms with E-state index in [0.717, 1.165) is 0 Å². The summed E-state index contributed by atoms with van der Waals surface area (Å²) in [5, 5.41) is 5.48. The van der Waals surface area contributed by atoms with Crippen molar-refractivity contribution in [3.63, 3.8) is 0 Å². The van der Waals surface area contributed by atoms with Crippen molar-refractivity contribution in [1.82, 2.24) is 0 Å². The Bertz CT molecular complexity index is 1210. The van der Waals surface area contributed by atoms with E-state index in [1.165, 1.54) is 43.8 Å². The molecule has 0 fully saturated rings. The van der Waals surface area contributed by atoms with Crippen LogP contribution in [0.15, 0.2) is 60.7 Å². The Morgan fingerprint density at radius 1 is 0.649 bits per heavy atom. The molecule has 0 aliphatic heterocycles. The zero-order valence-corrected chi connectivity index (χ0v) is 29.2. The van der Waals surface area contributed by atoms with Crippen LogP contribution in [0.1, 0.15) is 84.6 Å². The second-order valence-corrected chi connectivity index (χ2v) is 20.7. The fourth-order valence-corrected chi connectivity index (χ4v) is 3.98. The molecule has 0 unspecified atom stereocenters. The van der Waals surface area contributed by atoms with Crippen molar-refractivity contribution in [2.45, 2.75) is 85.5 Å². The van der Waals surface area contributed by atoms with Gasteiger partial charge in [0, 0.05) is 0 Å². The third kappa shape index (κ3) is 10.6. The summed E-state index contributed by atoms with van der Waals surface area (Å²) in [7, 11) is 10.3. The molecule has 0 amide bonds. The molecule has 0 saturated carbocycles. The number of hydrogen-bond donors (Lipinski definition) is 0. The van der Waals surface area contributed by atoms with Crippen LogP contribution in [0.4, 0.5) is 0 Å². The van der Waals surface area contributed by atoms with Gasteiger partial charge in [-0.1, -0.05) is 110 Å². The van der Waals surface area contributed by atoms with Crippen LogP contribution in [0, 0.1) is 21.8 Å². The van der Waals surface area contributed by atoms with Gasteiger partial charge in [-0.3, -0.25) is 0 Å². The van der Waals surface area contributed by atoms with Crippen molar-refractivity contribution in [3.05, 3.63) is 97.8 Å². The Morgan fingerprint density at radius 3 is 1.24 bits per heavy atom. The second kappa shape index (κ2) is 13.9. The summed E-state index contributed by atoms with van der Waals surface area (Å²) < 4.78 is 3.37. The average molecular weight is 619 g/mol. The molecule has 3 heteroatoms. The number of fused-ring (bicyclic) bond motifs is 3. The first kappa shape index (κ1) is 36.0. The number of hydrogen-bond acceptors (Lipinski definition) is 0. The van der Waals surface area contributed by atoms with Crippen molar-refractivity contribution in [1.29, 1.82) is 0 Å². The molecular weight excluding hydrogens is 571 g/mol. The minimum Gasteiger partial charge on any atom is -0.358 e. The Hall–Kier alpha value is -1.01. The molecule has 0 heterocycles. The predicted molar refractivity (Wildman–Crippen MR) is 172 cm³/mol. The number of benzene rings is 2. The molecule has 0 bridgehead atoms. The first-order chi connectivity index (χ1) is 15.9. The third-order valence-electron chi connectivity index (χ3n) is 6.21. The van der Waals surface area contributed by atoms with Gasteiger partial charge >= 0.3 is 40.1 Å². The molecule has 4 aromatic rings. The van der Waals surface area contributed by atoms with Crippen LogP contribution in [-0.2, 0) is 35.1 Å². The molecule has 37 heavy (non-hydrogen) atoms.